The number of furan rings is 1. The molecule has 0 bridgehead atoms. The fraction of sp³-hybridized carbons (Fsp3) is 0.231. The van der Waals surface area contributed by atoms with Crippen molar-refractivity contribution >= 4 is 15.9 Å². The maximum absolute atomic E-state index is 6.18. The first-order valence-electron chi connectivity index (χ1n) is 5.37. The Bertz CT molecular complexity index is 539. The van der Waals surface area contributed by atoms with Gasteiger partial charge in [0, 0.05) is 11.6 Å². The molecule has 2 N–H and O–H groups in total. The third-order valence-electron chi connectivity index (χ3n) is 2.70. The van der Waals surface area contributed by atoms with Gasteiger partial charge in [0.2, 0.25) is 0 Å². The van der Waals surface area contributed by atoms with Crippen molar-refractivity contribution in [1.29, 1.82) is 0 Å². The van der Waals surface area contributed by atoms with E-state index in [2.05, 4.69) is 15.9 Å². The second kappa shape index (κ2) is 5.46. The number of nitrogens with two attached hydrogens (primary N) is 1. The van der Waals surface area contributed by atoms with Crippen molar-refractivity contribution < 1.29 is 13.9 Å². The minimum atomic E-state index is -0.393. The molecule has 0 saturated carbocycles. The Morgan fingerprint density at radius 2 is 2.00 bits per heavy atom. The van der Waals surface area contributed by atoms with Gasteiger partial charge in [-0.1, -0.05) is 0 Å². The van der Waals surface area contributed by atoms with E-state index in [0.717, 1.165) is 15.8 Å². The molecule has 2 aromatic rings. The number of benzene rings is 1. The summed E-state index contributed by atoms with van der Waals surface area (Å²) in [6.07, 6.45) is 1.59. The van der Waals surface area contributed by atoms with E-state index in [0.29, 0.717) is 11.5 Å². The van der Waals surface area contributed by atoms with Gasteiger partial charge in [-0.3, -0.25) is 0 Å². The van der Waals surface area contributed by atoms with Crippen molar-refractivity contribution in [2.24, 2.45) is 5.73 Å². The van der Waals surface area contributed by atoms with Gasteiger partial charge in [0.1, 0.15) is 17.3 Å². The van der Waals surface area contributed by atoms with Crippen LogP contribution in [0.3, 0.4) is 0 Å². The van der Waals surface area contributed by atoms with Gasteiger partial charge in [0.25, 0.3) is 0 Å². The van der Waals surface area contributed by atoms with Crippen molar-refractivity contribution in [3.8, 4) is 11.5 Å². The smallest absolute Gasteiger partial charge is 0.139 e. The predicted molar refractivity (Wildman–Crippen MR) is 72.0 cm³/mol. The van der Waals surface area contributed by atoms with E-state index in [4.69, 9.17) is 19.6 Å². The first kappa shape index (κ1) is 13.0. The molecule has 0 aliphatic rings. The molecule has 0 spiro atoms. The lowest BCUT2D eigenvalue weighted by Gasteiger charge is -2.15. The highest BCUT2D eigenvalue weighted by molar-refractivity contribution is 9.10. The average molecular weight is 312 g/mol. The Kier molecular flexibility index (Phi) is 3.93. The Labute approximate surface area is 114 Å². The molecule has 2 rings (SSSR count). The second-order valence-electron chi connectivity index (χ2n) is 3.72. The fourth-order valence-electron chi connectivity index (χ4n) is 1.74. The van der Waals surface area contributed by atoms with Crippen molar-refractivity contribution in [2.75, 3.05) is 14.2 Å². The van der Waals surface area contributed by atoms with Crippen LogP contribution in [0.1, 0.15) is 17.4 Å². The molecule has 1 aromatic carbocycles. The number of rotatable bonds is 4. The third kappa shape index (κ3) is 2.37. The standard InChI is InChI=1S/C13H14BrNO3/c1-16-8-3-4-9(11(7-8)17-2)12(15)13-10(14)5-6-18-13/h3-7,12H,15H2,1-2H3. The summed E-state index contributed by atoms with van der Waals surface area (Å²) < 4.78 is 16.7. The molecule has 1 atom stereocenters. The molecule has 4 nitrogen and oxygen atoms in total. The van der Waals surface area contributed by atoms with E-state index >= 15 is 0 Å². The Morgan fingerprint density at radius 1 is 1.22 bits per heavy atom. The summed E-state index contributed by atoms with van der Waals surface area (Å²) in [5, 5.41) is 0. The minimum Gasteiger partial charge on any atom is -0.497 e. The van der Waals surface area contributed by atoms with E-state index in [1.807, 2.05) is 18.2 Å². The first-order valence-corrected chi connectivity index (χ1v) is 6.17. The number of ether oxygens (including phenoxy) is 2. The lowest BCUT2D eigenvalue weighted by atomic mass is 10.0. The van der Waals surface area contributed by atoms with Gasteiger partial charge >= 0.3 is 0 Å². The molecule has 0 saturated heterocycles. The SMILES string of the molecule is COc1ccc(C(N)c2occc2Br)c(OC)c1. The van der Waals surface area contributed by atoms with Crippen LogP contribution < -0.4 is 15.2 Å². The largest absolute Gasteiger partial charge is 0.497 e. The van der Waals surface area contributed by atoms with E-state index in [1.54, 1.807) is 26.5 Å². The molecule has 0 aliphatic heterocycles. The highest BCUT2D eigenvalue weighted by atomic mass is 79.9. The summed E-state index contributed by atoms with van der Waals surface area (Å²) in [5.41, 5.74) is 7.03. The molecule has 0 radical (unpaired) electrons. The molecule has 18 heavy (non-hydrogen) atoms. The van der Waals surface area contributed by atoms with Crippen molar-refractivity contribution in [3.63, 3.8) is 0 Å². The van der Waals surface area contributed by atoms with Gasteiger partial charge in [0.15, 0.2) is 0 Å². The molecular formula is C13H14BrNO3. The number of hydrogen-bond acceptors (Lipinski definition) is 4. The molecule has 1 aromatic heterocycles. The van der Waals surface area contributed by atoms with E-state index in [1.165, 1.54) is 0 Å². The van der Waals surface area contributed by atoms with Crippen molar-refractivity contribution in [2.45, 2.75) is 6.04 Å². The van der Waals surface area contributed by atoms with Crippen LogP contribution in [-0.2, 0) is 0 Å². The summed E-state index contributed by atoms with van der Waals surface area (Å²) >= 11 is 3.40. The van der Waals surface area contributed by atoms with Crippen LogP contribution in [0, 0.1) is 0 Å². The molecule has 1 heterocycles. The summed E-state index contributed by atoms with van der Waals surface area (Å²) in [5.74, 6) is 2.06. The van der Waals surface area contributed by atoms with Crippen LogP contribution >= 0.6 is 15.9 Å². The highest BCUT2D eigenvalue weighted by Gasteiger charge is 2.19. The monoisotopic (exact) mass is 311 g/mol. The van der Waals surface area contributed by atoms with Gasteiger partial charge < -0.3 is 19.6 Å². The summed E-state index contributed by atoms with van der Waals surface area (Å²) in [6.45, 7) is 0. The van der Waals surface area contributed by atoms with Crippen LogP contribution in [0.25, 0.3) is 0 Å². The lowest BCUT2D eigenvalue weighted by Crippen LogP contribution is -2.12. The first-order chi connectivity index (χ1) is 8.67. The summed E-state index contributed by atoms with van der Waals surface area (Å²) in [6, 6.07) is 6.93. The zero-order valence-electron chi connectivity index (χ0n) is 10.1. The van der Waals surface area contributed by atoms with Crippen LogP contribution in [0.5, 0.6) is 11.5 Å². The molecule has 96 valence electrons. The maximum atomic E-state index is 6.18. The molecule has 5 heteroatoms. The van der Waals surface area contributed by atoms with Crippen LogP contribution in [0.15, 0.2) is 39.4 Å². The zero-order chi connectivity index (χ0) is 13.1. The van der Waals surface area contributed by atoms with Crippen LogP contribution in [0.4, 0.5) is 0 Å². The molecule has 0 amide bonds. The van der Waals surface area contributed by atoms with E-state index < -0.39 is 6.04 Å². The minimum absolute atomic E-state index is 0.393. The number of halogens is 1. The van der Waals surface area contributed by atoms with Crippen LogP contribution in [0.2, 0.25) is 0 Å². The van der Waals surface area contributed by atoms with Crippen LogP contribution in [-0.4, -0.2) is 14.2 Å². The highest BCUT2D eigenvalue weighted by Crippen LogP contribution is 2.34. The summed E-state index contributed by atoms with van der Waals surface area (Å²) in [4.78, 5) is 0. The van der Waals surface area contributed by atoms with Crippen molar-refractivity contribution in [3.05, 3.63) is 46.3 Å². The Hall–Kier alpha value is -1.46. The van der Waals surface area contributed by atoms with Gasteiger partial charge in [-0.2, -0.15) is 0 Å². The Morgan fingerprint density at radius 3 is 2.56 bits per heavy atom. The number of methoxy groups -OCH3 is 2. The van der Waals surface area contributed by atoms with Crippen molar-refractivity contribution in [1.82, 2.24) is 0 Å². The molecule has 0 aliphatic carbocycles. The number of hydrogen-bond donors (Lipinski definition) is 1. The summed E-state index contributed by atoms with van der Waals surface area (Å²) in [7, 11) is 3.21. The fourth-order valence-corrected chi connectivity index (χ4v) is 2.19. The second-order valence-corrected chi connectivity index (χ2v) is 4.57. The van der Waals surface area contributed by atoms with E-state index in [-0.39, 0.29) is 0 Å². The normalized spacial score (nSPS) is 12.2. The lowest BCUT2D eigenvalue weighted by molar-refractivity contribution is 0.387. The zero-order valence-corrected chi connectivity index (χ0v) is 11.7. The van der Waals surface area contributed by atoms with Gasteiger partial charge in [-0.25, -0.2) is 0 Å². The molecular weight excluding hydrogens is 298 g/mol. The maximum Gasteiger partial charge on any atom is 0.139 e. The van der Waals surface area contributed by atoms with Gasteiger partial charge in [0.05, 0.1) is 31.0 Å². The van der Waals surface area contributed by atoms with Gasteiger partial charge in [-0.05, 0) is 34.1 Å². The van der Waals surface area contributed by atoms with Gasteiger partial charge in [-0.15, -0.1) is 0 Å². The average Bonchev–Trinajstić information content (AvgIpc) is 2.83. The Balaban J connectivity index is 2.41. The topological polar surface area (TPSA) is 57.6 Å². The third-order valence-corrected chi connectivity index (χ3v) is 3.36. The molecule has 0 fully saturated rings. The predicted octanol–water partition coefficient (Wildman–Crippen LogP) is 3.11. The quantitative estimate of drug-likeness (QED) is 0.942. The van der Waals surface area contributed by atoms with E-state index in [9.17, 15) is 0 Å². The molecule has 1 unspecified atom stereocenters.